The van der Waals surface area contributed by atoms with Gasteiger partial charge in [-0.3, -0.25) is 9.59 Å². The van der Waals surface area contributed by atoms with Gasteiger partial charge in [-0.05, 0) is 41.5 Å². The lowest BCUT2D eigenvalue weighted by molar-refractivity contribution is -0.137. The molecule has 176 valence electrons. The van der Waals surface area contributed by atoms with Crippen LogP contribution in [0, 0.1) is 11.8 Å². The molecule has 2 atom stereocenters. The summed E-state index contributed by atoms with van der Waals surface area (Å²) in [5, 5.41) is 14.4. The van der Waals surface area contributed by atoms with Crippen molar-refractivity contribution in [1.29, 1.82) is 0 Å². The maximum absolute atomic E-state index is 12.6. The number of hydrogen-bond donors (Lipinski definition) is 3. The lowest BCUT2D eigenvalue weighted by atomic mass is 9.94. The molecule has 0 heterocycles. The van der Waals surface area contributed by atoms with Gasteiger partial charge in [0.1, 0.15) is 6.61 Å². The van der Waals surface area contributed by atoms with Crippen LogP contribution in [0.15, 0.2) is 48.5 Å². The molecule has 7 nitrogen and oxygen atoms in total. The number of carbonyl (C=O) groups excluding carboxylic acids is 2. The summed E-state index contributed by atoms with van der Waals surface area (Å²) < 4.78 is 5.55. The molecule has 0 fully saturated rings. The number of carboxylic acids is 1. The first-order valence-corrected chi connectivity index (χ1v) is 11.4. The Morgan fingerprint density at radius 2 is 1.55 bits per heavy atom. The summed E-state index contributed by atoms with van der Waals surface area (Å²) in [5.41, 5.74) is 4.61. The number of nitrogens with one attached hydrogen (secondary N) is 2. The fourth-order valence-corrected chi connectivity index (χ4v) is 4.24. The van der Waals surface area contributed by atoms with Crippen LogP contribution < -0.4 is 10.6 Å². The van der Waals surface area contributed by atoms with Crippen LogP contribution in [0.1, 0.15) is 50.7 Å². The Kier molecular flexibility index (Phi) is 8.09. The Hall–Kier alpha value is -3.35. The molecule has 0 bridgehead atoms. The molecule has 1 aliphatic carbocycles. The number of fused-ring (bicyclic) bond motifs is 3. The van der Waals surface area contributed by atoms with Gasteiger partial charge in [0.2, 0.25) is 5.91 Å². The second kappa shape index (κ2) is 11.0. The van der Waals surface area contributed by atoms with Crippen LogP contribution in [0.5, 0.6) is 0 Å². The van der Waals surface area contributed by atoms with Gasteiger partial charge in [-0.15, -0.1) is 0 Å². The second-order valence-corrected chi connectivity index (χ2v) is 8.90. The molecule has 2 aromatic rings. The molecule has 33 heavy (non-hydrogen) atoms. The summed E-state index contributed by atoms with van der Waals surface area (Å²) in [6.07, 6.45) is -0.216. The lowest BCUT2D eigenvalue weighted by Gasteiger charge is -2.23. The minimum absolute atomic E-state index is 0.00814. The molecule has 7 heteroatoms. The van der Waals surface area contributed by atoms with Crippen LogP contribution in [0.25, 0.3) is 11.1 Å². The topological polar surface area (TPSA) is 105 Å². The number of alkyl carbamates (subject to hydrolysis) is 1. The van der Waals surface area contributed by atoms with Gasteiger partial charge in [0.15, 0.2) is 0 Å². The van der Waals surface area contributed by atoms with E-state index in [9.17, 15) is 14.4 Å². The molecule has 0 aliphatic heterocycles. The van der Waals surface area contributed by atoms with Gasteiger partial charge in [-0.2, -0.15) is 0 Å². The van der Waals surface area contributed by atoms with E-state index in [0.717, 1.165) is 22.3 Å². The van der Waals surface area contributed by atoms with E-state index in [4.69, 9.17) is 9.84 Å². The third-order valence-electron chi connectivity index (χ3n) is 6.13. The monoisotopic (exact) mass is 452 g/mol. The molecule has 2 amide bonds. The van der Waals surface area contributed by atoms with Crippen LogP contribution in [0.4, 0.5) is 4.79 Å². The van der Waals surface area contributed by atoms with Gasteiger partial charge >= 0.3 is 12.1 Å². The van der Waals surface area contributed by atoms with Gasteiger partial charge in [0, 0.05) is 24.9 Å². The summed E-state index contributed by atoms with van der Waals surface area (Å²) in [5.74, 6) is -1.58. The van der Waals surface area contributed by atoms with Crippen molar-refractivity contribution < 1.29 is 24.2 Å². The first kappa shape index (κ1) is 24.3. The minimum Gasteiger partial charge on any atom is -0.481 e. The fraction of sp³-hybridized carbons (Fsp3) is 0.423. The Balaban J connectivity index is 1.54. The average Bonchev–Trinajstić information content (AvgIpc) is 3.10. The van der Waals surface area contributed by atoms with Crippen molar-refractivity contribution in [3.63, 3.8) is 0 Å². The molecular weight excluding hydrogens is 420 g/mol. The second-order valence-electron chi connectivity index (χ2n) is 8.90. The highest BCUT2D eigenvalue weighted by atomic mass is 16.5. The molecule has 3 N–H and O–H groups in total. The Morgan fingerprint density at radius 3 is 2.09 bits per heavy atom. The van der Waals surface area contributed by atoms with E-state index < -0.39 is 18.0 Å². The van der Waals surface area contributed by atoms with Gasteiger partial charge in [-0.25, -0.2) is 4.79 Å². The Morgan fingerprint density at radius 1 is 0.970 bits per heavy atom. The minimum atomic E-state index is -0.895. The number of rotatable bonds is 10. The highest BCUT2D eigenvalue weighted by molar-refractivity contribution is 5.81. The number of ether oxygens (including phenoxy) is 1. The predicted octanol–water partition coefficient (Wildman–Crippen LogP) is 4.17. The molecule has 0 saturated carbocycles. The van der Waals surface area contributed by atoms with E-state index >= 15 is 0 Å². The van der Waals surface area contributed by atoms with Crippen LogP contribution in [-0.2, 0) is 14.3 Å². The van der Waals surface area contributed by atoms with Crippen molar-refractivity contribution >= 4 is 18.0 Å². The number of amides is 2. The third-order valence-corrected chi connectivity index (χ3v) is 6.13. The highest BCUT2D eigenvalue weighted by Crippen LogP contribution is 2.44. The summed E-state index contributed by atoms with van der Waals surface area (Å²) >= 11 is 0. The summed E-state index contributed by atoms with van der Waals surface area (Å²) in [4.78, 5) is 35.8. The average molecular weight is 453 g/mol. The fourth-order valence-electron chi connectivity index (χ4n) is 4.24. The normalized spacial score (nSPS) is 14.2. The quantitative estimate of drug-likeness (QED) is 0.502. The molecule has 0 aromatic heterocycles. The summed E-state index contributed by atoms with van der Waals surface area (Å²) in [7, 11) is 0. The van der Waals surface area contributed by atoms with Crippen molar-refractivity contribution in [3.8, 4) is 11.1 Å². The van der Waals surface area contributed by atoms with E-state index in [1.54, 1.807) is 6.92 Å². The molecule has 0 radical (unpaired) electrons. The van der Waals surface area contributed by atoms with Gasteiger partial charge in [-0.1, -0.05) is 62.4 Å². The molecular formula is C26H32N2O5. The maximum atomic E-state index is 12.6. The number of carboxylic acid groups (broad SMARTS) is 1. The maximum Gasteiger partial charge on any atom is 0.407 e. The summed E-state index contributed by atoms with van der Waals surface area (Å²) in [6.45, 7) is 5.95. The van der Waals surface area contributed by atoms with Crippen molar-refractivity contribution in [2.75, 3.05) is 13.2 Å². The number of carbonyl (C=O) groups is 3. The number of aliphatic carboxylic acids is 1. The summed E-state index contributed by atoms with van der Waals surface area (Å²) in [6, 6.07) is 16.0. The molecule has 0 saturated heterocycles. The van der Waals surface area contributed by atoms with E-state index in [-0.39, 0.29) is 43.4 Å². The highest BCUT2D eigenvalue weighted by Gasteiger charge is 2.29. The van der Waals surface area contributed by atoms with Crippen LogP contribution >= 0.6 is 0 Å². The van der Waals surface area contributed by atoms with Gasteiger partial charge in [0.05, 0.1) is 5.92 Å². The van der Waals surface area contributed by atoms with Crippen LogP contribution in [-0.4, -0.2) is 42.3 Å². The van der Waals surface area contributed by atoms with Crippen LogP contribution in [0.2, 0.25) is 0 Å². The molecule has 1 aliphatic rings. The van der Waals surface area contributed by atoms with Crippen molar-refractivity contribution in [2.24, 2.45) is 11.8 Å². The van der Waals surface area contributed by atoms with Crippen molar-refractivity contribution in [3.05, 3.63) is 59.7 Å². The molecule has 3 rings (SSSR count). The first-order valence-electron chi connectivity index (χ1n) is 11.4. The SMILES string of the molecule is CC(CCC(=O)O)NC(=O)C(CNC(=O)OCC1c2ccccc2-c2ccccc21)C(C)C. The first-order chi connectivity index (χ1) is 15.8. The van der Waals surface area contributed by atoms with Crippen LogP contribution in [0.3, 0.4) is 0 Å². The van der Waals surface area contributed by atoms with E-state index in [2.05, 4.69) is 34.9 Å². The largest absolute Gasteiger partial charge is 0.481 e. The van der Waals surface area contributed by atoms with Crippen molar-refractivity contribution in [2.45, 2.75) is 45.6 Å². The van der Waals surface area contributed by atoms with E-state index in [0.29, 0.717) is 6.42 Å². The zero-order valence-corrected chi connectivity index (χ0v) is 19.3. The lowest BCUT2D eigenvalue weighted by Crippen LogP contribution is -2.44. The Labute approximate surface area is 194 Å². The molecule has 2 aromatic carbocycles. The predicted molar refractivity (Wildman–Crippen MR) is 126 cm³/mol. The molecule has 2 unspecified atom stereocenters. The zero-order valence-electron chi connectivity index (χ0n) is 19.3. The van der Waals surface area contributed by atoms with E-state index in [1.165, 1.54) is 0 Å². The van der Waals surface area contributed by atoms with Gasteiger partial charge < -0.3 is 20.5 Å². The standard InChI is InChI=1S/C26H32N2O5/c1-16(2)22(25(31)28-17(3)12-13-24(29)30)14-27-26(32)33-15-23-20-10-6-4-8-18(20)19-9-5-7-11-21(19)23/h4-11,16-17,22-23H,12-15H2,1-3H3,(H,27,32)(H,28,31)(H,29,30). The van der Waals surface area contributed by atoms with Gasteiger partial charge in [0.25, 0.3) is 0 Å². The molecule has 0 spiro atoms. The zero-order chi connectivity index (χ0) is 24.0. The number of hydrogen-bond acceptors (Lipinski definition) is 4. The third kappa shape index (κ3) is 6.12. The van der Waals surface area contributed by atoms with Crippen molar-refractivity contribution in [1.82, 2.24) is 10.6 Å². The van der Waals surface area contributed by atoms with E-state index in [1.807, 2.05) is 38.1 Å². The smallest absolute Gasteiger partial charge is 0.407 e. The number of benzene rings is 2. The Bertz CT molecular complexity index is 958.